The van der Waals surface area contributed by atoms with Gasteiger partial charge in [0.2, 0.25) is 10.0 Å². The number of hydrogen-bond acceptors (Lipinski definition) is 4. The Kier molecular flexibility index (Phi) is 4.55. The molecule has 0 radical (unpaired) electrons. The number of sulfonamides is 1. The molecular formula is C14H22N2O3S. The van der Waals surface area contributed by atoms with Crippen molar-refractivity contribution < 1.29 is 13.2 Å². The lowest BCUT2D eigenvalue weighted by atomic mass is 9.81. The number of nitrogens with two attached hydrogens (primary N) is 1. The van der Waals surface area contributed by atoms with Crippen molar-refractivity contribution in [3.8, 4) is 5.75 Å². The standard InChI is InChI=1S/C14H22N2O3S/c1-3-19-13-8-7-12(15)9-14(13)20(17,18)16-10(2)11-5-4-6-11/h7-11,16H,3-6,15H2,1-2H3. The number of hydrogen-bond donors (Lipinski definition) is 2. The zero-order chi connectivity index (χ0) is 14.8. The first kappa shape index (κ1) is 15.1. The molecular weight excluding hydrogens is 276 g/mol. The number of ether oxygens (including phenoxy) is 1. The maximum absolute atomic E-state index is 12.5. The van der Waals surface area contributed by atoms with Gasteiger partial charge in [-0.05, 0) is 50.8 Å². The van der Waals surface area contributed by atoms with Gasteiger partial charge in [0.05, 0.1) is 6.61 Å². The van der Waals surface area contributed by atoms with Crippen LogP contribution in [0.1, 0.15) is 33.1 Å². The Labute approximate surface area is 120 Å². The Balaban J connectivity index is 2.25. The highest BCUT2D eigenvalue weighted by atomic mass is 32.2. The van der Waals surface area contributed by atoms with E-state index >= 15 is 0 Å². The Morgan fingerprint density at radius 3 is 2.70 bits per heavy atom. The molecule has 1 atom stereocenters. The fourth-order valence-corrected chi connectivity index (χ4v) is 3.85. The first-order chi connectivity index (χ1) is 9.44. The van der Waals surface area contributed by atoms with E-state index in [4.69, 9.17) is 10.5 Å². The van der Waals surface area contributed by atoms with Gasteiger partial charge in [0.1, 0.15) is 10.6 Å². The number of anilines is 1. The van der Waals surface area contributed by atoms with Gasteiger partial charge in [-0.1, -0.05) is 6.42 Å². The minimum absolute atomic E-state index is 0.0651. The SMILES string of the molecule is CCOc1ccc(N)cc1S(=O)(=O)NC(C)C1CCC1. The van der Waals surface area contributed by atoms with Crippen LogP contribution in [0.25, 0.3) is 0 Å². The van der Waals surface area contributed by atoms with Crippen molar-refractivity contribution >= 4 is 15.7 Å². The molecule has 2 rings (SSSR count). The minimum atomic E-state index is -3.61. The number of nitrogens with one attached hydrogen (secondary N) is 1. The van der Waals surface area contributed by atoms with Crippen LogP contribution in [0.2, 0.25) is 0 Å². The molecule has 0 spiro atoms. The number of benzene rings is 1. The Bertz CT molecular complexity index is 568. The third-order valence-electron chi connectivity index (χ3n) is 3.76. The molecule has 0 bridgehead atoms. The van der Waals surface area contributed by atoms with E-state index in [0.29, 0.717) is 24.0 Å². The third-order valence-corrected chi connectivity index (χ3v) is 5.34. The van der Waals surface area contributed by atoms with Crippen molar-refractivity contribution in [1.29, 1.82) is 0 Å². The predicted molar refractivity (Wildman–Crippen MR) is 79.1 cm³/mol. The molecule has 0 amide bonds. The van der Waals surface area contributed by atoms with E-state index in [-0.39, 0.29) is 10.9 Å². The maximum Gasteiger partial charge on any atom is 0.244 e. The lowest BCUT2D eigenvalue weighted by Crippen LogP contribution is -2.40. The summed E-state index contributed by atoms with van der Waals surface area (Å²) in [6.07, 6.45) is 3.34. The van der Waals surface area contributed by atoms with Gasteiger partial charge in [-0.3, -0.25) is 0 Å². The van der Waals surface area contributed by atoms with E-state index in [2.05, 4.69) is 4.72 Å². The fourth-order valence-electron chi connectivity index (χ4n) is 2.35. The van der Waals surface area contributed by atoms with Gasteiger partial charge >= 0.3 is 0 Å². The predicted octanol–water partition coefficient (Wildman–Crippen LogP) is 2.13. The summed E-state index contributed by atoms with van der Waals surface area (Å²) in [5, 5.41) is 0. The van der Waals surface area contributed by atoms with Gasteiger partial charge in [-0.25, -0.2) is 13.1 Å². The summed E-state index contributed by atoms with van der Waals surface area (Å²) in [6, 6.07) is 4.62. The lowest BCUT2D eigenvalue weighted by molar-refractivity contribution is 0.260. The second-order valence-corrected chi connectivity index (χ2v) is 6.92. The zero-order valence-corrected chi connectivity index (χ0v) is 12.7. The van der Waals surface area contributed by atoms with E-state index in [9.17, 15) is 8.42 Å². The van der Waals surface area contributed by atoms with Gasteiger partial charge in [0.15, 0.2) is 0 Å². The van der Waals surface area contributed by atoms with Crippen LogP contribution in [-0.4, -0.2) is 21.1 Å². The Morgan fingerprint density at radius 2 is 2.15 bits per heavy atom. The maximum atomic E-state index is 12.5. The molecule has 1 saturated carbocycles. The molecule has 20 heavy (non-hydrogen) atoms. The average molecular weight is 298 g/mol. The van der Waals surface area contributed by atoms with E-state index in [1.807, 2.05) is 13.8 Å². The van der Waals surface area contributed by atoms with Crippen molar-refractivity contribution in [2.75, 3.05) is 12.3 Å². The molecule has 6 heteroatoms. The Morgan fingerprint density at radius 1 is 1.45 bits per heavy atom. The summed E-state index contributed by atoms with van der Waals surface area (Å²) in [5.74, 6) is 0.774. The summed E-state index contributed by atoms with van der Waals surface area (Å²) < 4.78 is 33.1. The topological polar surface area (TPSA) is 81.4 Å². The van der Waals surface area contributed by atoms with Crippen LogP contribution in [0.3, 0.4) is 0 Å². The molecule has 0 saturated heterocycles. The van der Waals surface area contributed by atoms with Crippen LogP contribution in [0, 0.1) is 5.92 Å². The lowest BCUT2D eigenvalue weighted by Gasteiger charge is -2.31. The second kappa shape index (κ2) is 6.01. The number of nitrogen functional groups attached to an aromatic ring is 1. The summed E-state index contributed by atoms with van der Waals surface area (Å²) >= 11 is 0. The van der Waals surface area contributed by atoms with Crippen LogP contribution >= 0.6 is 0 Å². The van der Waals surface area contributed by atoms with Crippen LogP contribution in [0.4, 0.5) is 5.69 Å². The quantitative estimate of drug-likeness (QED) is 0.788. The van der Waals surface area contributed by atoms with E-state index in [0.717, 1.165) is 12.8 Å². The zero-order valence-electron chi connectivity index (χ0n) is 11.9. The fraction of sp³-hybridized carbons (Fsp3) is 0.571. The van der Waals surface area contributed by atoms with Crippen LogP contribution in [0.15, 0.2) is 23.1 Å². The molecule has 1 aliphatic rings. The monoisotopic (exact) mass is 298 g/mol. The van der Waals surface area contributed by atoms with E-state index < -0.39 is 10.0 Å². The molecule has 112 valence electrons. The van der Waals surface area contributed by atoms with E-state index in [1.54, 1.807) is 12.1 Å². The van der Waals surface area contributed by atoms with Gasteiger partial charge in [-0.2, -0.15) is 0 Å². The summed E-state index contributed by atoms with van der Waals surface area (Å²) in [4.78, 5) is 0.116. The van der Waals surface area contributed by atoms with E-state index in [1.165, 1.54) is 12.5 Å². The van der Waals surface area contributed by atoms with Gasteiger partial charge in [-0.15, -0.1) is 0 Å². The summed E-state index contributed by atoms with van der Waals surface area (Å²) in [5.41, 5.74) is 6.11. The highest BCUT2D eigenvalue weighted by molar-refractivity contribution is 7.89. The molecule has 1 aliphatic carbocycles. The van der Waals surface area contributed by atoms with Gasteiger partial charge in [0, 0.05) is 11.7 Å². The highest BCUT2D eigenvalue weighted by Gasteiger charge is 2.29. The van der Waals surface area contributed by atoms with Crippen molar-refractivity contribution in [3.63, 3.8) is 0 Å². The van der Waals surface area contributed by atoms with Crippen molar-refractivity contribution in [2.24, 2.45) is 5.92 Å². The molecule has 1 aromatic rings. The Hall–Kier alpha value is -1.27. The number of rotatable bonds is 6. The molecule has 1 unspecified atom stereocenters. The van der Waals surface area contributed by atoms with Crippen LogP contribution in [0.5, 0.6) is 5.75 Å². The van der Waals surface area contributed by atoms with Crippen LogP contribution < -0.4 is 15.2 Å². The van der Waals surface area contributed by atoms with Crippen molar-refractivity contribution in [2.45, 2.75) is 44.0 Å². The van der Waals surface area contributed by atoms with Crippen molar-refractivity contribution in [1.82, 2.24) is 4.72 Å². The first-order valence-electron chi connectivity index (χ1n) is 6.98. The molecule has 1 fully saturated rings. The molecule has 5 nitrogen and oxygen atoms in total. The smallest absolute Gasteiger partial charge is 0.244 e. The summed E-state index contributed by atoms with van der Waals surface area (Å²) in [6.45, 7) is 4.13. The summed E-state index contributed by atoms with van der Waals surface area (Å²) in [7, 11) is -3.61. The molecule has 0 aliphatic heterocycles. The van der Waals surface area contributed by atoms with Gasteiger partial charge < -0.3 is 10.5 Å². The average Bonchev–Trinajstić information content (AvgIpc) is 2.28. The largest absolute Gasteiger partial charge is 0.492 e. The molecule has 1 aromatic carbocycles. The minimum Gasteiger partial charge on any atom is -0.492 e. The third kappa shape index (κ3) is 3.24. The normalized spacial score (nSPS) is 17.5. The molecule has 0 heterocycles. The first-order valence-corrected chi connectivity index (χ1v) is 8.47. The van der Waals surface area contributed by atoms with Gasteiger partial charge in [0.25, 0.3) is 0 Å². The molecule has 0 aromatic heterocycles. The van der Waals surface area contributed by atoms with Crippen LogP contribution in [-0.2, 0) is 10.0 Å². The van der Waals surface area contributed by atoms with Crippen molar-refractivity contribution in [3.05, 3.63) is 18.2 Å². The second-order valence-electron chi connectivity index (χ2n) is 5.24. The highest BCUT2D eigenvalue weighted by Crippen LogP contribution is 2.31. The molecule has 3 N–H and O–H groups in total.